The minimum absolute atomic E-state index is 0.302. The van der Waals surface area contributed by atoms with Gasteiger partial charge in [-0.15, -0.1) is 0 Å². The topological polar surface area (TPSA) is 49.8 Å². The van der Waals surface area contributed by atoms with Gasteiger partial charge in [0.15, 0.2) is 6.04 Å². The Kier molecular flexibility index (Phi) is 4.27. The Morgan fingerprint density at radius 2 is 2.07 bits per heavy atom. The molecule has 0 aliphatic heterocycles. The molecule has 0 aliphatic rings. The van der Waals surface area contributed by atoms with Crippen molar-refractivity contribution in [3.63, 3.8) is 0 Å². The number of carbonyl (C=O) groups excluding carboxylic acids is 1. The summed E-state index contributed by atoms with van der Waals surface area (Å²) in [6, 6.07) is 8.26. The molecule has 15 heavy (non-hydrogen) atoms. The summed E-state index contributed by atoms with van der Waals surface area (Å²) >= 11 is 0. The van der Waals surface area contributed by atoms with Gasteiger partial charge in [0, 0.05) is 7.05 Å². The maximum absolute atomic E-state index is 11.6. The highest BCUT2D eigenvalue weighted by molar-refractivity contribution is 5.77. The van der Waals surface area contributed by atoms with Crippen LogP contribution >= 0.6 is 0 Å². The molecule has 0 bridgehead atoms. The van der Waals surface area contributed by atoms with Gasteiger partial charge in [0.1, 0.15) is 0 Å². The van der Waals surface area contributed by atoms with E-state index in [0.29, 0.717) is 12.2 Å². The van der Waals surface area contributed by atoms with E-state index in [4.69, 9.17) is 4.74 Å². The Bertz CT molecular complexity index is 311. The average molecular weight is 209 g/mol. The van der Waals surface area contributed by atoms with Gasteiger partial charge in [-0.2, -0.15) is 5.06 Å². The van der Waals surface area contributed by atoms with Gasteiger partial charge in [-0.25, -0.2) is 4.79 Å². The zero-order chi connectivity index (χ0) is 11.3. The third kappa shape index (κ3) is 3.04. The third-order valence-corrected chi connectivity index (χ3v) is 2.00. The number of benzene rings is 1. The first kappa shape index (κ1) is 11.7. The number of nitrogens with zero attached hydrogens (tertiary/aromatic N) is 1. The van der Waals surface area contributed by atoms with Crippen LogP contribution in [-0.2, 0) is 9.53 Å². The van der Waals surface area contributed by atoms with Crippen molar-refractivity contribution in [2.24, 2.45) is 0 Å². The second-order valence-electron chi connectivity index (χ2n) is 3.14. The van der Waals surface area contributed by atoms with Crippen LogP contribution in [0, 0.1) is 0 Å². The zero-order valence-electron chi connectivity index (χ0n) is 8.88. The molecule has 0 radical (unpaired) electrons. The van der Waals surface area contributed by atoms with Crippen LogP contribution in [0.25, 0.3) is 0 Å². The number of hydrogen-bond acceptors (Lipinski definition) is 4. The molecule has 0 saturated carbocycles. The lowest BCUT2D eigenvalue weighted by Gasteiger charge is -2.20. The van der Waals surface area contributed by atoms with Crippen molar-refractivity contribution >= 4 is 5.97 Å². The van der Waals surface area contributed by atoms with Crippen LogP contribution in [0.3, 0.4) is 0 Å². The molecule has 1 N–H and O–H groups in total. The van der Waals surface area contributed by atoms with Crippen molar-refractivity contribution in [1.82, 2.24) is 5.06 Å². The molecule has 0 aliphatic carbocycles. The maximum atomic E-state index is 11.6. The molecule has 0 saturated heterocycles. The standard InChI is InChI=1S/C11H15NO3/c1-3-15-11(13)10(12(2)14)9-7-5-4-6-8-9/h4-8,10,14H,3H2,1-2H3/t10-/m1/s1. The second kappa shape index (κ2) is 5.48. The molecule has 0 heterocycles. The summed E-state index contributed by atoms with van der Waals surface area (Å²) in [5.41, 5.74) is 0.709. The lowest BCUT2D eigenvalue weighted by atomic mass is 10.1. The molecule has 1 aromatic carbocycles. The largest absolute Gasteiger partial charge is 0.464 e. The first-order valence-corrected chi connectivity index (χ1v) is 4.80. The van der Waals surface area contributed by atoms with Crippen molar-refractivity contribution in [3.8, 4) is 0 Å². The van der Waals surface area contributed by atoms with Gasteiger partial charge in [0.2, 0.25) is 0 Å². The van der Waals surface area contributed by atoms with Gasteiger partial charge >= 0.3 is 5.97 Å². The van der Waals surface area contributed by atoms with Crippen LogP contribution in [0.15, 0.2) is 30.3 Å². The smallest absolute Gasteiger partial charge is 0.330 e. The summed E-state index contributed by atoms with van der Waals surface area (Å²) in [5, 5.41) is 10.2. The lowest BCUT2D eigenvalue weighted by Crippen LogP contribution is -2.29. The van der Waals surface area contributed by atoms with Crippen molar-refractivity contribution in [3.05, 3.63) is 35.9 Å². The number of rotatable bonds is 4. The second-order valence-corrected chi connectivity index (χ2v) is 3.14. The molecule has 0 aromatic heterocycles. The SMILES string of the molecule is CCOC(=O)[C@@H](c1ccccc1)N(C)O. The summed E-state index contributed by atoms with van der Waals surface area (Å²) in [5.74, 6) is -0.450. The van der Waals surface area contributed by atoms with Crippen molar-refractivity contribution in [2.45, 2.75) is 13.0 Å². The number of esters is 1. The summed E-state index contributed by atoms with van der Waals surface area (Å²) in [7, 11) is 1.43. The van der Waals surface area contributed by atoms with E-state index in [1.807, 2.05) is 18.2 Å². The normalized spacial score (nSPS) is 12.5. The molecular weight excluding hydrogens is 194 g/mol. The van der Waals surface area contributed by atoms with Crippen molar-refractivity contribution < 1.29 is 14.7 Å². The van der Waals surface area contributed by atoms with Crippen LogP contribution in [-0.4, -0.2) is 29.9 Å². The van der Waals surface area contributed by atoms with Crippen LogP contribution in [0.1, 0.15) is 18.5 Å². The van der Waals surface area contributed by atoms with E-state index in [2.05, 4.69) is 0 Å². The van der Waals surface area contributed by atoms with Crippen molar-refractivity contribution in [2.75, 3.05) is 13.7 Å². The van der Waals surface area contributed by atoms with Gasteiger partial charge in [-0.3, -0.25) is 0 Å². The van der Waals surface area contributed by atoms with Gasteiger partial charge in [0.05, 0.1) is 6.61 Å². The zero-order valence-corrected chi connectivity index (χ0v) is 8.88. The number of hydrogen-bond donors (Lipinski definition) is 1. The van der Waals surface area contributed by atoms with Gasteiger partial charge in [-0.05, 0) is 12.5 Å². The number of ether oxygens (including phenoxy) is 1. The van der Waals surface area contributed by atoms with E-state index >= 15 is 0 Å². The third-order valence-electron chi connectivity index (χ3n) is 2.00. The maximum Gasteiger partial charge on any atom is 0.330 e. The Morgan fingerprint density at radius 1 is 1.47 bits per heavy atom. The summed E-state index contributed by atoms with van der Waals surface area (Å²) < 4.78 is 4.88. The van der Waals surface area contributed by atoms with Gasteiger partial charge in [0.25, 0.3) is 0 Å². The monoisotopic (exact) mass is 209 g/mol. The van der Waals surface area contributed by atoms with Crippen LogP contribution in [0.4, 0.5) is 0 Å². The summed E-state index contributed by atoms with van der Waals surface area (Å²) in [4.78, 5) is 11.6. The molecule has 1 atom stereocenters. The predicted molar refractivity (Wildman–Crippen MR) is 55.4 cm³/mol. The van der Waals surface area contributed by atoms with E-state index in [0.717, 1.165) is 5.06 Å². The van der Waals surface area contributed by atoms with E-state index in [-0.39, 0.29) is 0 Å². The first-order chi connectivity index (χ1) is 7.16. The highest BCUT2D eigenvalue weighted by Crippen LogP contribution is 2.18. The van der Waals surface area contributed by atoms with E-state index in [1.54, 1.807) is 19.1 Å². The Morgan fingerprint density at radius 3 is 2.53 bits per heavy atom. The van der Waals surface area contributed by atoms with Crippen LogP contribution in [0.5, 0.6) is 0 Å². The molecule has 1 aromatic rings. The predicted octanol–water partition coefficient (Wildman–Crippen LogP) is 1.61. The minimum Gasteiger partial charge on any atom is -0.464 e. The summed E-state index contributed by atoms with van der Waals surface area (Å²) in [6.45, 7) is 2.04. The first-order valence-electron chi connectivity index (χ1n) is 4.80. The molecule has 4 heteroatoms. The Hall–Kier alpha value is -1.39. The lowest BCUT2D eigenvalue weighted by molar-refractivity contribution is -0.169. The molecule has 1 rings (SSSR count). The van der Waals surface area contributed by atoms with E-state index in [9.17, 15) is 10.0 Å². The fourth-order valence-electron chi connectivity index (χ4n) is 1.36. The molecule has 0 amide bonds. The fraction of sp³-hybridized carbons (Fsp3) is 0.364. The molecule has 0 unspecified atom stereocenters. The van der Waals surface area contributed by atoms with Gasteiger partial charge < -0.3 is 9.94 Å². The van der Waals surface area contributed by atoms with Gasteiger partial charge in [-0.1, -0.05) is 30.3 Å². The highest BCUT2D eigenvalue weighted by atomic mass is 16.5. The minimum atomic E-state index is -0.758. The molecular formula is C11H15NO3. The Labute approximate surface area is 89.0 Å². The van der Waals surface area contributed by atoms with Crippen molar-refractivity contribution in [1.29, 1.82) is 0 Å². The number of hydroxylamine groups is 2. The van der Waals surface area contributed by atoms with Crippen LogP contribution < -0.4 is 0 Å². The molecule has 0 fully saturated rings. The number of likely N-dealkylation sites (N-methyl/N-ethyl adjacent to an activating group) is 1. The Balaban J connectivity index is 2.88. The van der Waals surface area contributed by atoms with Crippen LogP contribution in [0.2, 0.25) is 0 Å². The average Bonchev–Trinajstić information content (AvgIpc) is 2.19. The fourth-order valence-corrected chi connectivity index (χ4v) is 1.36. The summed E-state index contributed by atoms with van der Waals surface area (Å²) in [6.07, 6.45) is 0. The molecule has 82 valence electrons. The quantitative estimate of drug-likeness (QED) is 0.604. The molecule has 0 spiro atoms. The number of carbonyl (C=O) groups is 1. The molecule has 4 nitrogen and oxygen atoms in total. The van der Waals surface area contributed by atoms with E-state index in [1.165, 1.54) is 7.05 Å². The highest BCUT2D eigenvalue weighted by Gasteiger charge is 2.25. The van der Waals surface area contributed by atoms with E-state index < -0.39 is 12.0 Å².